The van der Waals surface area contributed by atoms with Gasteiger partial charge in [-0.25, -0.2) is 0 Å². The number of carbonyl (C=O) groups excluding carboxylic acids is 2. The van der Waals surface area contributed by atoms with Gasteiger partial charge in [-0.1, -0.05) is 36.4 Å². The predicted molar refractivity (Wildman–Crippen MR) is 101 cm³/mol. The summed E-state index contributed by atoms with van der Waals surface area (Å²) in [6.45, 7) is 3.70. The van der Waals surface area contributed by atoms with Gasteiger partial charge < -0.3 is 15.0 Å². The lowest BCUT2D eigenvalue weighted by Gasteiger charge is -2.31. The van der Waals surface area contributed by atoms with Gasteiger partial charge in [0.2, 0.25) is 5.91 Å². The molecule has 2 aromatic carbocycles. The van der Waals surface area contributed by atoms with Gasteiger partial charge in [-0.05, 0) is 37.1 Å². The Balaban J connectivity index is 1.58. The Morgan fingerprint density at radius 3 is 2.73 bits per heavy atom. The number of hydrogen-bond acceptors (Lipinski definition) is 3. The number of nitrogens with one attached hydrogen (secondary N) is 1. The molecule has 0 aromatic heterocycles. The highest BCUT2D eigenvalue weighted by molar-refractivity contribution is 5.97. The molecule has 2 amide bonds. The number of hydrogen-bond donors (Lipinski definition) is 1. The quantitative estimate of drug-likeness (QED) is 0.899. The van der Waals surface area contributed by atoms with Crippen LogP contribution in [0.1, 0.15) is 29.3 Å². The SMILES string of the molecule is CC1CN(C(=O)c2cccc(NC(=O)CCc3ccccc3)c2)CCO1. The number of nitrogens with zero attached hydrogens (tertiary/aromatic N) is 1. The molecule has 0 saturated carbocycles. The zero-order valence-electron chi connectivity index (χ0n) is 15.0. The summed E-state index contributed by atoms with van der Waals surface area (Å²) >= 11 is 0. The Morgan fingerprint density at radius 2 is 1.96 bits per heavy atom. The molecule has 0 bridgehead atoms. The van der Waals surface area contributed by atoms with Gasteiger partial charge in [-0.15, -0.1) is 0 Å². The molecular formula is C21H24N2O3. The Labute approximate surface area is 154 Å². The second kappa shape index (κ2) is 8.63. The highest BCUT2D eigenvalue weighted by Gasteiger charge is 2.22. The first-order valence-corrected chi connectivity index (χ1v) is 8.96. The molecule has 1 N–H and O–H groups in total. The summed E-state index contributed by atoms with van der Waals surface area (Å²) in [6, 6.07) is 17.0. The summed E-state index contributed by atoms with van der Waals surface area (Å²) in [4.78, 5) is 26.6. The summed E-state index contributed by atoms with van der Waals surface area (Å²) in [6.07, 6.45) is 1.15. The lowest BCUT2D eigenvalue weighted by atomic mass is 10.1. The molecule has 3 rings (SSSR count). The van der Waals surface area contributed by atoms with Crippen molar-refractivity contribution in [1.82, 2.24) is 4.90 Å². The zero-order valence-corrected chi connectivity index (χ0v) is 15.0. The molecule has 0 spiro atoms. The number of amides is 2. The average Bonchev–Trinajstić information content (AvgIpc) is 2.67. The van der Waals surface area contributed by atoms with E-state index in [9.17, 15) is 9.59 Å². The molecule has 0 aliphatic carbocycles. The van der Waals surface area contributed by atoms with Crippen molar-refractivity contribution in [1.29, 1.82) is 0 Å². The van der Waals surface area contributed by atoms with E-state index in [1.807, 2.05) is 37.3 Å². The Hall–Kier alpha value is -2.66. The molecule has 1 fully saturated rings. The van der Waals surface area contributed by atoms with E-state index in [-0.39, 0.29) is 17.9 Å². The van der Waals surface area contributed by atoms with Crippen molar-refractivity contribution in [2.24, 2.45) is 0 Å². The van der Waals surface area contributed by atoms with E-state index in [1.165, 1.54) is 0 Å². The third-order valence-corrected chi connectivity index (χ3v) is 4.41. The molecule has 1 saturated heterocycles. The maximum Gasteiger partial charge on any atom is 0.254 e. The molecule has 1 unspecified atom stereocenters. The fourth-order valence-electron chi connectivity index (χ4n) is 3.04. The number of anilines is 1. The largest absolute Gasteiger partial charge is 0.375 e. The number of carbonyl (C=O) groups is 2. The van der Waals surface area contributed by atoms with Crippen LogP contribution in [0.5, 0.6) is 0 Å². The topological polar surface area (TPSA) is 58.6 Å². The van der Waals surface area contributed by atoms with Gasteiger partial charge in [0, 0.05) is 30.8 Å². The van der Waals surface area contributed by atoms with E-state index in [4.69, 9.17) is 4.74 Å². The van der Waals surface area contributed by atoms with Crippen LogP contribution in [0, 0.1) is 0 Å². The molecule has 1 atom stereocenters. The van der Waals surface area contributed by atoms with Crippen molar-refractivity contribution in [3.63, 3.8) is 0 Å². The summed E-state index contributed by atoms with van der Waals surface area (Å²) in [5, 5.41) is 2.88. The van der Waals surface area contributed by atoms with Crippen molar-refractivity contribution in [2.75, 3.05) is 25.0 Å². The fourth-order valence-corrected chi connectivity index (χ4v) is 3.04. The Morgan fingerprint density at radius 1 is 1.15 bits per heavy atom. The highest BCUT2D eigenvalue weighted by Crippen LogP contribution is 2.15. The molecule has 2 aromatic rings. The van der Waals surface area contributed by atoms with Gasteiger partial charge >= 0.3 is 0 Å². The van der Waals surface area contributed by atoms with Crippen LogP contribution in [0.25, 0.3) is 0 Å². The second-order valence-corrected chi connectivity index (χ2v) is 6.55. The van der Waals surface area contributed by atoms with Gasteiger partial charge in [0.1, 0.15) is 0 Å². The lowest BCUT2D eigenvalue weighted by molar-refractivity contribution is -0.116. The number of ether oxygens (including phenoxy) is 1. The first kappa shape index (κ1) is 18.1. The van der Waals surface area contributed by atoms with E-state index in [0.717, 1.165) is 5.56 Å². The third kappa shape index (κ3) is 4.92. The summed E-state index contributed by atoms with van der Waals surface area (Å²) < 4.78 is 5.48. The van der Waals surface area contributed by atoms with E-state index < -0.39 is 0 Å². The van der Waals surface area contributed by atoms with Gasteiger partial charge in [0.15, 0.2) is 0 Å². The van der Waals surface area contributed by atoms with Gasteiger partial charge in [0.05, 0.1) is 12.7 Å². The van der Waals surface area contributed by atoms with Crippen molar-refractivity contribution in [3.8, 4) is 0 Å². The lowest BCUT2D eigenvalue weighted by Crippen LogP contribution is -2.44. The van der Waals surface area contributed by atoms with Crippen LogP contribution < -0.4 is 5.32 Å². The number of aryl methyl sites for hydroxylation is 1. The maximum absolute atomic E-state index is 12.7. The standard InChI is InChI=1S/C21H24N2O3/c1-16-15-23(12-13-26-16)21(25)18-8-5-9-19(14-18)22-20(24)11-10-17-6-3-2-4-7-17/h2-9,14,16H,10-13,15H2,1H3,(H,22,24). The normalized spacial score (nSPS) is 17.0. The monoisotopic (exact) mass is 352 g/mol. The van der Waals surface area contributed by atoms with Gasteiger partial charge in [-0.2, -0.15) is 0 Å². The van der Waals surface area contributed by atoms with E-state index in [2.05, 4.69) is 5.32 Å². The molecular weight excluding hydrogens is 328 g/mol. The zero-order chi connectivity index (χ0) is 18.4. The van der Waals surface area contributed by atoms with Crippen LogP contribution in [0.2, 0.25) is 0 Å². The minimum Gasteiger partial charge on any atom is -0.375 e. The number of morpholine rings is 1. The summed E-state index contributed by atoms with van der Waals surface area (Å²) in [7, 11) is 0. The molecule has 5 nitrogen and oxygen atoms in total. The minimum atomic E-state index is -0.0570. The van der Waals surface area contributed by atoms with Crippen molar-refractivity contribution < 1.29 is 14.3 Å². The van der Waals surface area contributed by atoms with Crippen LogP contribution in [-0.2, 0) is 16.0 Å². The minimum absolute atomic E-state index is 0.0273. The maximum atomic E-state index is 12.7. The van der Waals surface area contributed by atoms with Crippen molar-refractivity contribution in [2.45, 2.75) is 25.9 Å². The van der Waals surface area contributed by atoms with Crippen molar-refractivity contribution in [3.05, 3.63) is 65.7 Å². The molecule has 26 heavy (non-hydrogen) atoms. The van der Waals surface area contributed by atoms with Crippen LogP contribution in [0.4, 0.5) is 5.69 Å². The smallest absolute Gasteiger partial charge is 0.254 e. The number of rotatable bonds is 5. The highest BCUT2D eigenvalue weighted by atomic mass is 16.5. The average molecular weight is 352 g/mol. The third-order valence-electron chi connectivity index (χ3n) is 4.41. The van der Waals surface area contributed by atoms with Gasteiger partial charge in [0.25, 0.3) is 5.91 Å². The predicted octanol–water partition coefficient (Wildman–Crippen LogP) is 3.12. The fraction of sp³-hybridized carbons (Fsp3) is 0.333. The molecule has 5 heteroatoms. The van der Waals surface area contributed by atoms with Gasteiger partial charge in [-0.3, -0.25) is 9.59 Å². The van der Waals surface area contributed by atoms with Crippen LogP contribution in [0.15, 0.2) is 54.6 Å². The van der Waals surface area contributed by atoms with Crippen molar-refractivity contribution >= 4 is 17.5 Å². The first-order valence-electron chi connectivity index (χ1n) is 8.96. The molecule has 136 valence electrons. The Bertz CT molecular complexity index is 761. The van der Waals surface area contributed by atoms with E-state index >= 15 is 0 Å². The van der Waals surface area contributed by atoms with E-state index in [0.29, 0.717) is 43.8 Å². The second-order valence-electron chi connectivity index (χ2n) is 6.55. The first-order chi connectivity index (χ1) is 12.6. The van der Waals surface area contributed by atoms with Crippen LogP contribution in [0.3, 0.4) is 0 Å². The molecule has 1 heterocycles. The van der Waals surface area contributed by atoms with Crippen LogP contribution >= 0.6 is 0 Å². The van der Waals surface area contributed by atoms with Crippen LogP contribution in [-0.4, -0.2) is 42.5 Å². The number of benzene rings is 2. The Kier molecular flexibility index (Phi) is 6.02. The van der Waals surface area contributed by atoms with E-state index in [1.54, 1.807) is 29.2 Å². The molecule has 0 radical (unpaired) electrons. The molecule has 1 aliphatic heterocycles. The summed E-state index contributed by atoms with van der Waals surface area (Å²) in [5.41, 5.74) is 2.36. The molecule has 1 aliphatic rings. The summed E-state index contributed by atoms with van der Waals surface area (Å²) in [5.74, 6) is -0.0843.